The molecular weight excluding hydrogens is 1010 g/mol. The van der Waals surface area contributed by atoms with Crippen molar-refractivity contribution in [2.24, 2.45) is 5.73 Å². The van der Waals surface area contributed by atoms with E-state index in [4.69, 9.17) is 24.3 Å². The molecule has 0 heterocycles. The van der Waals surface area contributed by atoms with Gasteiger partial charge < -0.3 is 20.1 Å². The average Bonchev–Trinajstić information content (AvgIpc) is 3.45. The fourth-order valence-corrected chi connectivity index (χ4v) is 10.1. The van der Waals surface area contributed by atoms with Crippen LogP contribution in [0.25, 0.3) is 0 Å². The molecule has 0 saturated carbocycles. The van der Waals surface area contributed by atoms with E-state index in [1.807, 2.05) is 0 Å². The topological polar surface area (TPSA) is 134 Å². The Kier molecular flexibility index (Phi) is 62.6. The average molecular weight is 1140 g/mol. The summed E-state index contributed by atoms with van der Waals surface area (Å²) in [4.78, 5) is 35.2. The Bertz CT molecular complexity index is 1630. The summed E-state index contributed by atoms with van der Waals surface area (Å²) in [6, 6.07) is 0. The third-order valence-corrected chi connectivity index (χ3v) is 15.2. The second kappa shape index (κ2) is 65.1. The highest BCUT2D eigenvalue weighted by Gasteiger charge is 2.26. The van der Waals surface area contributed by atoms with Gasteiger partial charge in [-0.15, -0.1) is 0 Å². The van der Waals surface area contributed by atoms with Gasteiger partial charge in [-0.05, 0) is 96.3 Å². The van der Waals surface area contributed by atoms with Crippen LogP contribution in [-0.4, -0.2) is 49.3 Å². The van der Waals surface area contributed by atoms with Crippen molar-refractivity contribution in [1.29, 1.82) is 0 Å². The fraction of sp³-hybridized carbons (Fsp3) is 0.743. The van der Waals surface area contributed by atoms with Crippen LogP contribution >= 0.6 is 7.82 Å². The summed E-state index contributed by atoms with van der Waals surface area (Å²) in [5.41, 5.74) is 5.39. The summed E-state index contributed by atoms with van der Waals surface area (Å²) in [5, 5.41) is 0. The van der Waals surface area contributed by atoms with Gasteiger partial charge in [-0.1, -0.05) is 291 Å². The first kappa shape index (κ1) is 76.9. The van der Waals surface area contributed by atoms with Crippen molar-refractivity contribution in [3.8, 4) is 0 Å². The van der Waals surface area contributed by atoms with Gasteiger partial charge >= 0.3 is 19.8 Å². The summed E-state index contributed by atoms with van der Waals surface area (Å²) in [5.74, 6) is -0.823. The largest absolute Gasteiger partial charge is 0.472 e. The van der Waals surface area contributed by atoms with E-state index in [0.29, 0.717) is 6.42 Å². The minimum Gasteiger partial charge on any atom is -0.462 e. The van der Waals surface area contributed by atoms with Crippen LogP contribution in [0.2, 0.25) is 0 Å². The van der Waals surface area contributed by atoms with E-state index in [2.05, 4.69) is 111 Å². The number of nitrogens with two attached hydrogens (primary N) is 1. The minimum absolute atomic E-state index is 0.0518. The Balaban J connectivity index is 3.83. The van der Waals surface area contributed by atoms with Crippen LogP contribution in [0.3, 0.4) is 0 Å². The van der Waals surface area contributed by atoms with E-state index in [1.165, 1.54) is 173 Å². The van der Waals surface area contributed by atoms with Gasteiger partial charge in [-0.2, -0.15) is 0 Å². The number of hydrogen-bond acceptors (Lipinski definition) is 8. The van der Waals surface area contributed by atoms with E-state index in [-0.39, 0.29) is 38.6 Å². The van der Waals surface area contributed by atoms with Crippen LogP contribution in [0, 0.1) is 0 Å². The van der Waals surface area contributed by atoms with Gasteiger partial charge in [0.2, 0.25) is 0 Å². The maximum absolute atomic E-state index is 12.7. The lowest BCUT2D eigenvalue weighted by Gasteiger charge is -2.19. The van der Waals surface area contributed by atoms with Crippen LogP contribution in [0.4, 0.5) is 0 Å². The van der Waals surface area contributed by atoms with Crippen molar-refractivity contribution in [3.05, 3.63) is 97.2 Å². The predicted molar refractivity (Wildman–Crippen MR) is 344 cm³/mol. The van der Waals surface area contributed by atoms with Gasteiger partial charge in [0.15, 0.2) is 6.10 Å². The molecule has 0 aromatic heterocycles. The Morgan fingerprint density at radius 1 is 0.388 bits per heavy atom. The number of esters is 2. The quantitative estimate of drug-likeness (QED) is 0.0264. The number of carbonyl (C=O) groups is 2. The number of hydrogen-bond donors (Lipinski definition) is 2. The molecule has 0 amide bonds. The minimum atomic E-state index is -4.39. The summed E-state index contributed by atoms with van der Waals surface area (Å²) < 4.78 is 33.1. The van der Waals surface area contributed by atoms with Gasteiger partial charge in [0.25, 0.3) is 0 Å². The molecule has 10 heteroatoms. The van der Waals surface area contributed by atoms with Gasteiger partial charge in [-0.3, -0.25) is 18.6 Å². The van der Waals surface area contributed by atoms with Crippen molar-refractivity contribution >= 4 is 19.8 Å². The van der Waals surface area contributed by atoms with E-state index in [1.54, 1.807) is 0 Å². The molecule has 2 unspecified atom stereocenters. The lowest BCUT2D eigenvalue weighted by Crippen LogP contribution is -2.29. The molecule has 0 aliphatic rings. The molecule has 0 fully saturated rings. The molecule has 2 atom stereocenters. The van der Waals surface area contributed by atoms with Gasteiger partial charge in [-0.25, -0.2) is 4.57 Å². The number of allylic oxidation sites excluding steroid dienone is 16. The molecule has 0 saturated heterocycles. The zero-order valence-corrected chi connectivity index (χ0v) is 52.7. The molecule has 0 spiro atoms. The SMILES string of the molecule is CC/C=C\C/C=C\C/C=C\C/C=C\C/C=C\C/C=C\C/C=C\CCCCCCCCCCCCCCCCCCCCCC(=O)OC(COC(=O)CCCCCCCCC/C=C\CCCCCCCCC)COP(=O)(O)OCCN. The first-order chi connectivity index (χ1) is 39.3. The highest BCUT2D eigenvalue weighted by molar-refractivity contribution is 7.47. The lowest BCUT2D eigenvalue weighted by atomic mass is 10.0. The van der Waals surface area contributed by atoms with Crippen LogP contribution in [-0.2, 0) is 32.7 Å². The summed E-state index contributed by atoms with van der Waals surface area (Å²) in [6.45, 7) is 3.65. The highest BCUT2D eigenvalue weighted by Crippen LogP contribution is 2.43. The van der Waals surface area contributed by atoms with Crippen molar-refractivity contribution in [1.82, 2.24) is 0 Å². The van der Waals surface area contributed by atoms with Crippen LogP contribution in [0.5, 0.6) is 0 Å². The Labute approximate surface area is 493 Å². The van der Waals surface area contributed by atoms with Gasteiger partial charge in [0.05, 0.1) is 13.2 Å². The smallest absolute Gasteiger partial charge is 0.462 e. The number of unbranched alkanes of at least 4 members (excludes halogenated alkanes) is 33. The molecule has 0 aromatic carbocycles. The second-order valence-electron chi connectivity index (χ2n) is 22.0. The maximum Gasteiger partial charge on any atom is 0.472 e. The Hall–Kier alpha value is -3.07. The molecule has 80 heavy (non-hydrogen) atoms. The van der Waals surface area contributed by atoms with Crippen molar-refractivity contribution in [2.45, 2.75) is 309 Å². The van der Waals surface area contributed by atoms with Crippen molar-refractivity contribution in [3.63, 3.8) is 0 Å². The lowest BCUT2D eigenvalue weighted by molar-refractivity contribution is -0.161. The number of phosphoric ester groups is 1. The first-order valence-electron chi connectivity index (χ1n) is 33.2. The number of phosphoric acid groups is 1. The number of ether oxygens (including phenoxy) is 2. The Morgan fingerprint density at radius 2 is 0.688 bits per heavy atom. The third kappa shape index (κ3) is 64.1. The summed E-state index contributed by atoms with van der Waals surface area (Å²) in [7, 11) is -4.39. The third-order valence-electron chi connectivity index (χ3n) is 14.2. The normalized spacial score (nSPS) is 13.6. The molecule has 0 bridgehead atoms. The predicted octanol–water partition coefficient (Wildman–Crippen LogP) is 21.6. The van der Waals surface area contributed by atoms with Crippen molar-refractivity contribution in [2.75, 3.05) is 26.4 Å². The molecule has 9 nitrogen and oxygen atoms in total. The van der Waals surface area contributed by atoms with Gasteiger partial charge in [0.1, 0.15) is 6.61 Å². The molecule has 0 rings (SSSR count). The fourth-order valence-electron chi connectivity index (χ4n) is 9.32. The summed E-state index contributed by atoms with van der Waals surface area (Å²) >= 11 is 0. The molecule has 0 radical (unpaired) electrons. The van der Waals surface area contributed by atoms with E-state index < -0.39 is 26.5 Å². The standard InChI is InChI=1S/C70H124NO8P/c1-3-5-7-9-11-13-15-17-19-21-23-24-25-26-27-28-29-30-31-32-33-34-35-36-37-38-39-40-41-42-43-44-45-47-49-51-53-55-57-59-61-63-70(73)79-68(67-78-80(74,75)77-65-64-71)66-76-69(72)62-60-58-56-54-52-50-48-46-22-20-18-16-14-12-10-8-6-4-2/h5,7,11,13,17,19-20,22-24,26-27,29-30,32-33,68H,3-4,6,8-10,12,14-16,18,21,25,28,31,34-67,71H2,1-2H3,(H,74,75)/b7-5-,13-11-,19-17-,22-20-,24-23-,27-26-,30-29-,33-32-. The highest BCUT2D eigenvalue weighted by atomic mass is 31.2. The number of carbonyl (C=O) groups excluding carboxylic acids is 2. The van der Waals surface area contributed by atoms with Crippen molar-refractivity contribution < 1.29 is 37.6 Å². The summed E-state index contributed by atoms with van der Waals surface area (Å²) in [6.07, 6.45) is 87.8. The number of rotatable bonds is 62. The van der Waals surface area contributed by atoms with E-state index in [0.717, 1.165) is 96.3 Å². The van der Waals surface area contributed by atoms with Crippen LogP contribution in [0.1, 0.15) is 303 Å². The zero-order valence-electron chi connectivity index (χ0n) is 51.8. The Morgan fingerprint density at radius 3 is 1.04 bits per heavy atom. The van der Waals surface area contributed by atoms with Crippen LogP contribution < -0.4 is 5.73 Å². The van der Waals surface area contributed by atoms with Crippen LogP contribution in [0.15, 0.2) is 97.2 Å². The second-order valence-corrected chi connectivity index (χ2v) is 23.4. The molecule has 3 N–H and O–H groups in total. The molecule has 0 aliphatic carbocycles. The molecule has 0 aromatic rings. The molecular formula is C70H124NO8P. The van der Waals surface area contributed by atoms with Gasteiger partial charge in [0, 0.05) is 19.4 Å². The molecule has 0 aliphatic heterocycles. The van der Waals surface area contributed by atoms with E-state index >= 15 is 0 Å². The zero-order chi connectivity index (χ0) is 58.0. The monoisotopic (exact) mass is 1140 g/mol. The first-order valence-corrected chi connectivity index (χ1v) is 34.7. The maximum atomic E-state index is 12.7. The molecule has 462 valence electrons. The van der Waals surface area contributed by atoms with E-state index in [9.17, 15) is 19.0 Å².